The summed E-state index contributed by atoms with van der Waals surface area (Å²) in [7, 11) is 2.18. The van der Waals surface area contributed by atoms with Gasteiger partial charge in [-0.2, -0.15) is 0 Å². The second kappa shape index (κ2) is 8.60. The highest BCUT2D eigenvalue weighted by atomic mass is 16.1. The SMILES string of the molecule is CCCNC(C)(CCCN1CCCN(C)CC1)C(N)=O. The van der Waals surface area contributed by atoms with Crippen molar-refractivity contribution >= 4 is 5.91 Å². The molecular formula is C15H32N4O. The van der Waals surface area contributed by atoms with Gasteiger partial charge in [-0.1, -0.05) is 6.92 Å². The van der Waals surface area contributed by atoms with Crippen molar-refractivity contribution in [2.24, 2.45) is 5.73 Å². The normalized spacial score (nSPS) is 21.4. The summed E-state index contributed by atoms with van der Waals surface area (Å²) in [6, 6.07) is 0. The largest absolute Gasteiger partial charge is 0.368 e. The molecule has 3 N–H and O–H groups in total. The Hall–Kier alpha value is -0.650. The molecule has 0 aliphatic carbocycles. The molecule has 5 nitrogen and oxygen atoms in total. The molecule has 0 spiro atoms. The first-order valence-electron chi connectivity index (χ1n) is 7.94. The van der Waals surface area contributed by atoms with Crippen LogP contribution in [0.25, 0.3) is 0 Å². The van der Waals surface area contributed by atoms with Crippen LogP contribution in [0.3, 0.4) is 0 Å². The van der Waals surface area contributed by atoms with E-state index in [1.807, 2.05) is 6.92 Å². The molecule has 5 heteroatoms. The summed E-state index contributed by atoms with van der Waals surface area (Å²) in [5.41, 5.74) is 5.00. The Labute approximate surface area is 123 Å². The van der Waals surface area contributed by atoms with Crippen LogP contribution in [0.15, 0.2) is 0 Å². The predicted molar refractivity (Wildman–Crippen MR) is 83.7 cm³/mol. The van der Waals surface area contributed by atoms with E-state index >= 15 is 0 Å². The van der Waals surface area contributed by atoms with Gasteiger partial charge in [0, 0.05) is 13.1 Å². The highest BCUT2D eigenvalue weighted by molar-refractivity contribution is 5.84. The lowest BCUT2D eigenvalue weighted by Gasteiger charge is -2.29. The lowest BCUT2D eigenvalue weighted by molar-refractivity contribution is -0.124. The van der Waals surface area contributed by atoms with Gasteiger partial charge >= 0.3 is 0 Å². The lowest BCUT2D eigenvalue weighted by atomic mass is 9.94. The van der Waals surface area contributed by atoms with Gasteiger partial charge in [0.15, 0.2) is 0 Å². The highest BCUT2D eigenvalue weighted by Gasteiger charge is 2.29. The molecule has 0 bridgehead atoms. The van der Waals surface area contributed by atoms with Crippen molar-refractivity contribution in [1.82, 2.24) is 15.1 Å². The molecule has 1 fully saturated rings. The van der Waals surface area contributed by atoms with Crippen LogP contribution in [0.2, 0.25) is 0 Å². The molecule has 1 unspecified atom stereocenters. The van der Waals surface area contributed by atoms with Gasteiger partial charge in [0.25, 0.3) is 0 Å². The summed E-state index contributed by atoms with van der Waals surface area (Å²) < 4.78 is 0. The number of nitrogens with zero attached hydrogens (tertiary/aromatic N) is 2. The molecule has 1 aliphatic heterocycles. The van der Waals surface area contributed by atoms with Crippen LogP contribution in [-0.2, 0) is 4.79 Å². The fourth-order valence-electron chi connectivity index (χ4n) is 2.68. The summed E-state index contributed by atoms with van der Waals surface area (Å²) in [6.07, 6.45) is 4.08. The molecule has 1 atom stereocenters. The van der Waals surface area contributed by atoms with Crippen molar-refractivity contribution in [2.45, 2.75) is 45.1 Å². The smallest absolute Gasteiger partial charge is 0.237 e. The van der Waals surface area contributed by atoms with Crippen molar-refractivity contribution in [2.75, 3.05) is 46.3 Å². The van der Waals surface area contributed by atoms with Crippen molar-refractivity contribution in [3.8, 4) is 0 Å². The standard InChI is InChI=1S/C15H32N4O/c1-4-8-17-15(2,14(16)20)7-5-10-19-11-6-9-18(3)12-13-19/h17H,4-13H2,1-3H3,(H2,16,20). The fraction of sp³-hybridized carbons (Fsp3) is 0.933. The first kappa shape index (κ1) is 17.4. The van der Waals surface area contributed by atoms with E-state index in [1.165, 1.54) is 19.5 Å². The Morgan fingerprint density at radius 1 is 1.30 bits per heavy atom. The Balaban J connectivity index is 2.34. The van der Waals surface area contributed by atoms with E-state index in [2.05, 4.69) is 29.1 Å². The molecule has 20 heavy (non-hydrogen) atoms. The van der Waals surface area contributed by atoms with Gasteiger partial charge in [0.05, 0.1) is 5.54 Å². The number of hydrogen-bond donors (Lipinski definition) is 2. The maximum atomic E-state index is 11.6. The molecular weight excluding hydrogens is 252 g/mol. The van der Waals surface area contributed by atoms with Crippen LogP contribution in [0, 0.1) is 0 Å². The molecule has 0 aromatic rings. The molecule has 0 aromatic heterocycles. The summed E-state index contributed by atoms with van der Waals surface area (Å²) in [5, 5.41) is 3.30. The minimum Gasteiger partial charge on any atom is -0.368 e. The number of primary amides is 1. The zero-order valence-corrected chi connectivity index (χ0v) is 13.5. The average molecular weight is 284 g/mol. The average Bonchev–Trinajstić information content (AvgIpc) is 2.61. The monoisotopic (exact) mass is 284 g/mol. The summed E-state index contributed by atoms with van der Waals surface area (Å²) >= 11 is 0. The first-order chi connectivity index (χ1) is 9.48. The van der Waals surface area contributed by atoms with E-state index in [1.54, 1.807) is 0 Å². The fourth-order valence-corrected chi connectivity index (χ4v) is 2.68. The van der Waals surface area contributed by atoms with E-state index in [0.717, 1.165) is 45.4 Å². The number of nitrogens with two attached hydrogens (primary N) is 1. The number of carbonyl (C=O) groups is 1. The maximum Gasteiger partial charge on any atom is 0.237 e. The van der Waals surface area contributed by atoms with Gasteiger partial charge in [-0.3, -0.25) is 4.79 Å². The second-order valence-corrected chi connectivity index (χ2v) is 6.23. The first-order valence-corrected chi connectivity index (χ1v) is 7.94. The zero-order valence-electron chi connectivity index (χ0n) is 13.5. The quantitative estimate of drug-likeness (QED) is 0.687. The molecule has 0 aromatic carbocycles. The number of nitrogens with one attached hydrogen (secondary N) is 1. The van der Waals surface area contributed by atoms with Crippen molar-refractivity contribution < 1.29 is 4.79 Å². The Morgan fingerprint density at radius 3 is 2.70 bits per heavy atom. The molecule has 1 heterocycles. The molecule has 0 saturated carbocycles. The van der Waals surface area contributed by atoms with Crippen LogP contribution in [0.5, 0.6) is 0 Å². The molecule has 1 amide bonds. The predicted octanol–water partition coefficient (Wildman–Crippen LogP) is 0.648. The van der Waals surface area contributed by atoms with Crippen LogP contribution < -0.4 is 11.1 Å². The third-order valence-corrected chi connectivity index (χ3v) is 4.27. The van der Waals surface area contributed by atoms with Crippen LogP contribution in [0.4, 0.5) is 0 Å². The Bertz CT molecular complexity index is 298. The van der Waals surface area contributed by atoms with E-state index in [-0.39, 0.29) is 5.91 Å². The minimum absolute atomic E-state index is 0.235. The van der Waals surface area contributed by atoms with Crippen LogP contribution in [0.1, 0.15) is 39.5 Å². The minimum atomic E-state index is -0.557. The number of hydrogen-bond acceptors (Lipinski definition) is 4. The molecule has 1 aliphatic rings. The molecule has 1 saturated heterocycles. The lowest BCUT2D eigenvalue weighted by Crippen LogP contribution is -2.53. The van der Waals surface area contributed by atoms with E-state index in [9.17, 15) is 4.79 Å². The van der Waals surface area contributed by atoms with Crippen molar-refractivity contribution in [3.63, 3.8) is 0 Å². The third kappa shape index (κ3) is 5.77. The second-order valence-electron chi connectivity index (χ2n) is 6.23. The third-order valence-electron chi connectivity index (χ3n) is 4.27. The topological polar surface area (TPSA) is 61.6 Å². The van der Waals surface area contributed by atoms with Gasteiger partial charge in [0.1, 0.15) is 0 Å². The van der Waals surface area contributed by atoms with Crippen molar-refractivity contribution in [3.05, 3.63) is 0 Å². The highest BCUT2D eigenvalue weighted by Crippen LogP contribution is 2.13. The number of amides is 1. The summed E-state index contributed by atoms with van der Waals surface area (Å²) in [6.45, 7) is 10.6. The van der Waals surface area contributed by atoms with Gasteiger partial charge in [-0.05, 0) is 65.8 Å². The maximum absolute atomic E-state index is 11.6. The Kier molecular flexibility index (Phi) is 7.48. The van der Waals surface area contributed by atoms with Gasteiger partial charge in [-0.25, -0.2) is 0 Å². The van der Waals surface area contributed by atoms with Gasteiger partial charge < -0.3 is 20.9 Å². The van der Waals surface area contributed by atoms with Crippen LogP contribution in [-0.4, -0.2) is 67.6 Å². The number of rotatable bonds is 8. The molecule has 0 radical (unpaired) electrons. The summed E-state index contributed by atoms with van der Waals surface area (Å²) in [5.74, 6) is -0.235. The number of carbonyl (C=O) groups excluding carboxylic acids is 1. The van der Waals surface area contributed by atoms with Gasteiger partial charge in [-0.15, -0.1) is 0 Å². The zero-order chi connectivity index (χ0) is 15.0. The van der Waals surface area contributed by atoms with Gasteiger partial charge in [0.2, 0.25) is 5.91 Å². The van der Waals surface area contributed by atoms with E-state index in [0.29, 0.717) is 0 Å². The Morgan fingerprint density at radius 2 is 2.05 bits per heavy atom. The number of likely N-dealkylation sites (N-methyl/N-ethyl adjacent to an activating group) is 1. The van der Waals surface area contributed by atoms with E-state index in [4.69, 9.17) is 5.73 Å². The van der Waals surface area contributed by atoms with E-state index < -0.39 is 5.54 Å². The van der Waals surface area contributed by atoms with Crippen LogP contribution >= 0.6 is 0 Å². The molecule has 1 rings (SSSR count). The molecule has 118 valence electrons. The summed E-state index contributed by atoms with van der Waals surface area (Å²) in [4.78, 5) is 16.5. The van der Waals surface area contributed by atoms with Crippen molar-refractivity contribution in [1.29, 1.82) is 0 Å².